The van der Waals surface area contributed by atoms with Gasteiger partial charge < -0.3 is 15.5 Å². The Hall–Kier alpha value is -1.87. The molecule has 3 N–H and O–H groups in total. The molecule has 0 aliphatic carbocycles. The molecule has 3 heterocycles. The fourth-order valence-electron chi connectivity index (χ4n) is 3.20. The van der Waals surface area contributed by atoms with Crippen LogP contribution in [-0.4, -0.2) is 47.8 Å². The van der Waals surface area contributed by atoms with Gasteiger partial charge in [0.05, 0.1) is 23.0 Å². The molecule has 0 bridgehead atoms. The standard InChI is InChI=1S/C18H20ClN5O2S/c1-18(2,10-4-3-5-11(19)8-10)21-15-17-23-22-16(24(17)7-6-20-15)14-13(26)12(25)9-27-14/h3-8,12-14,25-26H,9H2,1-2H3,(H,20,21)/t12-,13-,14-/m1/s1. The minimum atomic E-state index is -0.866. The molecule has 2 aromatic heterocycles. The van der Waals surface area contributed by atoms with Gasteiger partial charge in [-0.15, -0.1) is 22.0 Å². The van der Waals surface area contributed by atoms with Crippen LogP contribution in [0, 0.1) is 0 Å². The van der Waals surface area contributed by atoms with Gasteiger partial charge in [0.25, 0.3) is 0 Å². The van der Waals surface area contributed by atoms with Crippen molar-refractivity contribution in [2.24, 2.45) is 0 Å². The molecule has 3 aromatic rings. The van der Waals surface area contributed by atoms with E-state index in [9.17, 15) is 10.2 Å². The van der Waals surface area contributed by atoms with Crippen LogP contribution >= 0.6 is 23.4 Å². The second-order valence-electron chi connectivity index (χ2n) is 7.10. The van der Waals surface area contributed by atoms with Crippen LogP contribution in [0.15, 0.2) is 36.7 Å². The SMILES string of the molecule is CC(C)(Nc1nccn2c([C@@H]3SC[C@@H](O)[C@H]3O)nnc12)c1cccc(Cl)c1. The third-order valence-corrected chi connectivity index (χ3v) is 6.35. The highest BCUT2D eigenvalue weighted by atomic mass is 35.5. The molecule has 1 aliphatic heterocycles. The normalized spacial score (nSPS) is 23.1. The van der Waals surface area contributed by atoms with Crippen molar-refractivity contribution in [1.29, 1.82) is 0 Å². The number of thioether (sulfide) groups is 1. The van der Waals surface area contributed by atoms with Gasteiger partial charge in [0.15, 0.2) is 11.6 Å². The molecule has 4 rings (SSSR count). The maximum Gasteiger partial charge on any atom is 0.203 e. The molecule has 3 atom stereocenters. The van der Waals surface area contributed by atoms with Gasteiger partial charge in [-0.05, 0) is 31.5 Å². The number of fused-ring (bicyclic) bond motifs is 1. The number of anilines is 1. The molecule has 1 aliphatic rings. The van der Waals surface area contributed by atoms with Crippen LogP contribution in [0.2, 0.25) is 5.02 Å². The first-order valence-corrected chi connectivity index (χ1v) is 10.0. The van der Waals surface area contributed by atoms with Crippen molar-refractivity contribution in [3.05, 3.63) is 53.1 Å². The van der Waals surface area contributed by atoms with Crippen LogP contribution < -0.4 is 5.32 Å². The Morgan fingerprint density at radius 2 is 2.11 bits per heavy atom. The van der Waals surface area contributed by atoms with E-state index in [0.717, 1.165) is 5.56 Å². The van der Waals surface area contributed by atoms with Crippen LogP contribution in [0.25, 0.3) is 5.65 Å². The lowest BCUT2D eigenvalue weighted by Crippen LogP contribution is -2.29. The van der Waals surface area contributed by atoms with E-state index in [1.54, 1.807) is 12.4 Å². The van der Waals surface area contributed by atoms with Crippen LogP contribution in [-0.2, 0) is 5.54 Å². The van der Waals surface area contributed by atoms with Gasteiger partial charge in [0.2, 0.25) is 5.65 Å². The fraction of sp³-hybridized carbons (Fsp3) is 0.389. The Kier molecular flexibility index (Phi) is 4.75. The molecule has 1 aromatic carbocycles. The van der Waals surface area contributed by atoms with Crippen LogP contribution in [0.4, 0.5) is 5.82 Å². The van der Waals surface area contributed by atoms with Gasteiger partial charge >= 0.3 is 0 Å². The van der Waals surface area contributed by atoms with E-state index in [0.29, 0.717) is 28.1 Å². The van der Waals surface area contributed by atoms with Gasteiger partial charge in [0.1, 0.15) is 0 Å². The predicted octanol–water partition coefficient (Wildman–Crippen LogP) is 2.63. The monoisotopic (exact) mass is 405 g/mol. The zero-order valence-corrected chi connectivity index (χ0v) is 16.4. The number of halogens is 1. The summed E-state index contributed by atoms with van der Waals surface area (Å²) in [6, 6.07) is 7.66. The topological polar surface area (TPSA) is 95.6 Å². The minimum Gasteiger partial charge on any atom is -0.390 e. The van der Waals surface area contributed by atoms with Crippen molar-refractivity contribution in [2.45, 2.75) is 36.8 Å². The van der Waals surface area contributed by atoms with Gasteiger partial charge in [0, 0.05) is 23.2 Å². The molecule has 0 spiro atoms. The van der Waals surface area contributed by atoms with Crippen LogP contribution in [0.1, 0.15) is 30.5 Å². The summed E-state index contributed by atoms with van der Waals surface area (Å²) in [6.07, 6.45) is 1.81. The fourth-order valence-corrected chi connectivity index (χ4v) is 4.68. The molecular formula is C18H20ClN5O2S. The van der Waals surface area contributed by atoms with Gasteiger partial charge in [-0.25, -0.2) is 4.98 Å². The second-order valence-corrected chi connectivity index (χ2v) is 8.71. The number of aliphatic hydroxyl groups is 2. The molecule has 142 valence electrons. The third-order valence-electron chi connectivity index (χ3n) is 4.74. The second kappa shape index (κ2) is 6.94. The molecule has 0 radical (unpaired) electrons. The lowest BCUT2D eigenvalue weighted by molar-refractivity contribution is 0.0404. The molecule has 0 unspecified atom stereocenters. The van der Waals surface area contributed by atoms with E-state index >= 15 is 0 Å². The van der Waals surface area contributed by atoms with E-state index < -0.39 is 17.7 Å². The Balaban J connectivity index is 1.69. The molecule has 0 amide bonds. The Morgan fingerprint density at radius 1 is 1.30 bits per heavy atom. The quantitative estimate of drug-likeness (QED) is 0.614. The highest BCUT2D eigenvalue weighted by Gasteiger charge is 2.38. The summed E-state index contributed by atoms with van der Waals surface area (Å²) in [5.41, 5.74) is 1.14. The number of aliphatic hydroxyl groups excluding tert-OH is 2. The molecule has 1 saturated heterocycles. The number of hydrogen-bond donors (Lipinski definition) is 3. The molecule has 9 heteroatoms. The average molecular weight is 406 g/mol. The van der Waals surface area contributed by atoms with Crippen molar-refractivity contribution < 1.29 is 10.2 Å². The summed E-state index contributed by atoms with van der Waals surface area (Å²) in [5.74, 6) is 1.66. The first-order valence-electron chi connectivity index (χ1n) is 8.58. The summed E-state index contributed by atoms with van der Waals surface area (Å²) in [5, 5.41) is 32.3. The van der Waals surface area contributed by atoms with E-state index in [1.165, 1.54) is 11.8 Å². The van der Waals surface area contributed by atoms with E-state index in [2.05, 4.69) is 20.5 Å². The molecule has 7 nitrogen and oxygen atoms in total. The number of aromatic nitrogens is 4. The van der Waals surface area contributed by atoms with Crippen molar-refractivity contribution in [3.63, 3.8) is 0 Å². The first-order chi connectivity index (χ1) is 12.9. The van der Waals surface area contributed by atoms with Crippen molar-refractivity contribution >= 4 is 34.8 Å². The summed E-state index contributed by atoms with van der Waals surface area (Å²) in [4.78, 5) is 4.43. The summed E-state index contributed by atoms with van der Waals surface area (Å²) >= 11 is 7.60. The van der Waals surface area contributed by atoms with Crippen molar-refractivity contribution in [2.75, 3.05) is 11.1 Å². The maximum atomic E-state index is 10.2. The van der Waals surface area contributed by atoms with Gasteiger partial charge in [-0.1, -0.05) is 23.7 Å². The molecular weight excluding hydrogens is 386 g/mol. The smallest absolute Gasteiger partial charge is 0.203 e. The lowest BCUT2D eigenvalue weighted by atomic mass is 9.94. The van der Waals surface area contributed by atoms with Gasteiger partial charge in [-0.2, -0.15) is 0 Å². The molecule has 1 fully saturated rings. The van der Waals surface area contributed by atoms with E-state index in [-0.39, 0.29) is 5.25 Å². The van der Waals surface area contributed by atoms with Crippen LogP contribution in [0.3, 0.4) is 0 Å². The highest BCUT2D eigenvalue weighted by Crippen LogP contribution is 2.40. The summed E-state index contributed by atoms with van der Waals surface area (Å²) in [6.45, 7) is 4.07. The Bertz CT molecular complexity index is 979. The number of benzene rings is 1. The van der Waals surface area contributed by atoms with E-state index in [1.807, 2.05) is 42.5 Å². The Morgan fingerprint density at radius 3 is 2.81 bits per heavy atom. The average Bonchev–Trinajstić information content (AvgIpc) is 3.19. The highest BCUT2D eigenvalue weighted by molar-refractivity contribution is 7.99. The number of rotatable bonds is 4. The number of hydrogen-bond acceptors (Lipinski definition) is 7. The lowest BCUT2D eigenvalue weighted by Gasteiger charge is -2.27. The maximum absolute atomic E-state index is 10.2. The van der Waals surface area contributed by atoms with Gasteiger partial charge in [-0.3, -0.25) is 4.40 Å². The third kappa shape index (κ3) is 3.38. The van der Waals surface area contributed by atoms with Crippen molar-refractivity contribution in [3.8, 4) is 0 Å². The number of nitrogens with one attached hydrogen (secondary N) is 1. The summed E-state index contributed by atoms with van der Waals surface area (Å²) in [7, 11) is 0. The van der Waals surface area contributed by atoms with E-state index in [4.69, 9.17) is 11.6 Å². The first kappa shape index (κ1) is 18.5. The van der Waals surface area contributed by atoms with Crippen molar-refractivity contribution in [1.82, 2.24) is 19.6 Å². The predicted molar refractivity (Wildman–Crippen MR) is 106 cm³/mol. The largest absolute Gasteiger partial charge is 0.390 e. The molecule has 27 heavy (non-hydrogen) atoms. The minimum absolute atomic E-state index is 0.328. The van der Waals surface area contributed by atoms with Crippen LogP contribution in [0.5, 0.6) is 0 Å². The Labute approximate surface area is 165 Å². The molecule has 0 saturated carbocycles. The zero-order valence-electron chi connectivity index (χ0n) is 14.9. The zero-order chi connectivity index (χ0) is 19.2. The summed E-state index contributed by atoms with van der Waals surface area (Å²) < 4.78 is 1.81. The number of nitrogens with zero attached hydrogens (tertiary/aromatic N) is 4.